The van der Waals surface area contributed by atoms with Crippen molar-refractivity contribution in [3.8, 4) is 0 Å². The molecule has 3 amide bonds. The molecular weight excluding hydrogens is 230 g/mol. The molecule has 0 aromatic heterocycles. The fourth-order valence-electron chi connectivity index (χ4n) is 1.24. The molecule has 0 saturated carbocycles. The molecule has 0 rings (SSSR count). The highest BCUT2D eigenvalue weighted by molar-refractivity contribution is 7.99. The monoisotopic (exact) mass is 249 g/mol. The molecule has 0 aromatic rings. The van der Waals surface area contributed by atoms with Crippen LogP contribution in [0, 0.1) is 0 Å². The molecule has 0 bridgehead atoms. The summed E-state index contributed by atoms with van der Waals surface area (Å²) in [4.78, 5) is 21.8. The molecule has 0 aliphatic carbocycles. The number of rotatable bonds is 6. The predicted molar refractivity (Wildman–Crippen MR) is 64.2 cm³/mol. The van der Waals surface area contributed by atoms with Gasteiger partial charge in [-0.25, -0.2) is 4.79 Å². The summed E-state index contributed by atoms with van der Waals surface area (Å²) < 4.78 is 0. The molecular formula is C9H19N3O3S. The third-order valence-electron chi connectivity index (χ3n) is 2.19. The maximum Gasteiger partial charge on any atom is 0.318 e. The first-order valence-electron chi connectivity index (χ1n) is 4.92. The van der Waals surface area contributed by atoms with Crippen molar-refractivity contribution in [3.63, 3.8) is 0 Å². The minimum absolute atomic E-state index is 0.00354. The van der Waals surface area contributed by atoms with E-state index in [1.165, 1.54) is 11.8 Å². The van der Waals surface area contributed by atoms with E-state index in [1.807, 2.05) is 18.5 Å². The molecule has 3 unspecified atom stereocenters. The summed E-state index contributed by atoms with van der Waals surface area (Å²) in [5, 5.41) is 14.0. The number of primary amides is 1. The van der Waals surface area contributed by atoms with Crippen LogP contribution in [0.4, 0.5) is 4.79 Å². The standard InChI is InChI=1S/C9H19N3O3S/c1-5(7(4-13)16-3)11-6(2)8(14)12-9(10)15/h5-7,11,13H,4H2,1-3H3,(H3,10,12,14,15). The summed E-state index contributed by atoms with van der Waals surface area (Å²) in [6, 6.07) is -1.45. The van der Waals surface area contributed by atoms with Gasteiger partial charge in [0.1, 0.15) is 0 Å². The minimum Gasteiger partial charge on any atom is -0.395 e. The zero-order valence-corrected chi connectivity index (χ0v) is 10.5. The summed E-state index contributed by atoms with van der Waals surface area (Å²) >= 11 is 1.51. The predicted octanol–water partition coefficient (Wildman–Crippen LogP) is -0.728. The van der Waals surface area contributed by atoms with Gasteiger partial charge in [0, 0.05) is 11.3 Å². The Morgan fingerprint density at radius 1 is 1.44 bits per heavy atom. The Hall–Kier alpha value is -0.790. The lowest BCUT2D eigenvalue weighted by Crippen LogP contribution is -2.51. The summed E-state index contributed by atoms with van der Waals surface area (Å²) in [6.45, 7) is 3.52. The zero-order chi connectivity index (χ0) is 12.7. The Labute approximate surface area is 99.3 Å². The third kappa shape index (κ3) is 5.34. The van der Waals surface area contributed by atoms with E-state index >= 15 is 0 Å². The summed E-state index contributed by atoms with van der Waals surface area (Å²) in [7, 11) is 0. The van der Waals surface area contributed by atoms with Gasteiger partial charge < -0.3 is 16.2 Å². The van der Waals surface area contributed by atoms with Crippen LogP contribution in [0.1, 0.15) is 13.8 Å². The van der Waals surface area contributed by atoms with Gasteiger partial charge in [0.25, 0.3) is 0 Å². The molecule has 7 heteroatoms. The lowest BCUT2D eigenvalue weighted by molar-refractivity contribution is -0.121. The van der Waals surface area contributed by atoms with Gasteiger partial charge in [0.15, 0.2) is 0 Å². The lowest BCUT2D eigenvalue weighted by atomic mass is 10.2. The van der Waals surface area contributed by atoms with Gasteiger partial charge >= 0.3 is 6.03 Å². The van der Waals surface area contributed by atoms with E-state index in [-0.39, 0.29) is 17.9 Å². The van der Waals surface area contributed by atoms with Gasteiger partial charge in [-0.05, 0) is 20.1 Å². The van der Waals surface area contributed by atoms with Gasteiger partial charge in [-0.1, -0.05) is 0 Å². The molecule has 0 spiro atoms. The van der Waals surface area contributed by atoms with Crippen LogP contribution in [0.25, 0.3) is 0 Å². The third-order valence-corrected chi connectivity index (χ3v) is 3.36. The number of nitrogens with one attached hydrogen (secondary N) is 2. The number of nitrogens with two attached hydrogens (primary N) is 1. The molecule has 0 heterocycles. The average molecular weight is 249 g/mol. The first-order chi connectivity index (χ1) is 7.42. The van der Waals surface area contributed by atoms with Gasteiger partial charge in [-0.2, -0.15) is 11.8 Å². The van der Waals surface area contributed by atoms with Crippen molar-refractivity contribution < 1.29 is 14.7 Å². The van der Waals surface area contributed by atoms with Gasteiger partial charge in [0.05, 0.1) is 12.6 Å². The number of aliphatic hydroxyl groups is 1. The number of amides is 3. The molecule has 0 fully saturated rings. The first kappa shape index (κ1) is 15.2. The van der Waals surface area contributed by atoms with E-state index in [0.29, 0.717) is 0 Å². The van der Waals surface area contributed by atoms with Crippen molar-refractivity contribution in [2.45, 2.75) is 31.2 Å². The van der Waals surface area contributed by atoms with Crippen LogP contribution < -0.4 is 16.4 Å². The maximum atomic E-state index is 11.3. The van der Waals surface area contributed by atoms with E-state index in [9.17, 15) is 9.59 Å². The molecule has 0 aliphatic heterocycles. The van der Waals surface area contributed by atoms with Gasteiger partial charge in [-0.15, -0.1) is 0 Å². The van der Waals surface area contributed by atoms with Crippen molar-refractivity contribution >= 4 is 23.7 Å². The van der Waals surface area contributed by atoms with Gasteiger partial charge in [-0.3, -0.25) is 10.1 Å². The van der Waals surface area contributed by atoms with Crippen molar-refractivity contribution in [2.24, 2.45) is 5.73 Å². The largest absolute Gasteiger partial charge is 0.395 e. The molecule has 3 atom stereocenters. The number of hydrogen-bond donors (Lipinski definition) is 4. The average Bonchev–Trinajstić information content (AvgIpc) is 2.18. The second-order valence-corrected chi connectivity index (χ2v) is 4.56. The Morgan fingerprint density at radius 3 is 2.38 bits per heavy atom. The summed E-state index contributed by atoms with van der Waals surface area (Å²) in [5.41, 5.74) is 4.83. The van der Waals surface area contributed by atoms with Crippen LogP contribution in [0.3, 0.4) is 0 Å². The molecule has 0 radical (unpaired) electrons. The number of carbonyl (C=O) groups excluding carboxylic acids is 2. The first-order valence-corrected chi connectivity index (χ1v) is 6.21. The highest BCUT2D eigenvalue weighted by Crippen LogP contribution is 2.10. The number of imide groups is 1. The molecule has 0 saturated heterocycles. The second-order valence-electron chi connectivity index (χ2n) is 3.49. The van der Waals surface area contributed by atoms with Crippen LogP contribution in [0.2, 0.25) is 0 Å². The number of hydrogen-bond acceptors (Lipinski definition) is 5. The normalized spacial score (nSPS) is 16.2. The van der Waals surface area contributed by atoms with E-state index in [4.69, 9.17) is 10.8 Å². The Kier molecular flexibility index (Phi) is 7.11. The highest BCUT2D eigenvalue weighted by atomic mass is 32.2. The maximum absolute atomic E-state index is 11.3. The molecule has 5 N–H and O–H groups in total. The summed E-state index contributed by atoms with van der Waals surface area (Å²) in [6.07, 6.45) is 1.88. The fourth-order valence-corrected chi connectivity index (χ4v) is 1.88. The minimum atomic E-state index is -0.866. The smallest absolute Gasteiger partial charge is 0.318 e. The highest BCUT2D eigenvalue weighted by Gasteiger charge is 2.21. The zero-order valence-electron chi connectivity index (χ0n) is 9.69. The van der Waals surface area contributed by atoms with E-state index in [0.717, 1.165) is 0 Å². The molecule has 94 valence electrons. The van der Waals surface area contributed by atoms with Crippen molar-refractivity contribution in [1.29, 1.82) is 0 Å². The molecule has 0 aromatic carbocycles. The molecule has 16 heavy (non-hydrogen) atoms. The van der Waals surface area contributed by atoms with Crippen LogP contribution in [0.5, 0.6) is 0 Å². The fraction of sp³-hybridized carbons (Fsp3) is 0.778. The number of carbonyl (C=O) groups is 2. The van der Waals surface area contributed by atoms with E-state index < -0.39 is 18.0 Å². The molecule has 0 aliphatic rings. The van der Waals surface area contributed by atoms with Crippen molar-refractivity contribution in [2.75, 3.05) is 12.9 Å². The van der Waals surface area contributed by atoms with E-state index in [1.54, 1.807) is 6.92 Å². The topological polar surface area (TPSA) is 104 Å². The van der Waals surface area contributed by atoms with Crippen LogP contribution in [0.15, 0.2) is 0 Å². The molecule has 6 nitrogen and oxygen atoms in total. The number of thioether (sulfide) groups is 1. The Balaban J connectivity index is 4.16. The number of aliphatic hydroxyl groups excluding tert-OH is 1. The van der Waals surface area contributed by atoms with Crippen LogP contribution in [-0.2, 0) is 4.79 Å². The van der Waals surface area contributed by atoms with Crippen LogP contribution in [-0.4, -0.2) is 47.2 Å². The second kappa shape index (κ2) is 7.48. The Bertz CT molecular complexity index is 246. The van der Waals surface area contributed by atoms with Crippen molar-refractivity contribution in [3.05, 3.63) is 0 Å². The summed E-state index contributed by atoms with van der Waals surface area (Å²) in [5.74, 6) is -0.475. The van der Waals surface area contributed by atoms with Crippen LogP contribution >= 0.6 is 11.8 Å². The van der Waals surface area contributed by atoms with Crippen molar-refractivity contribution in [1.82, 2.24) is 10.6 Å². The Morgan fingerprint density at radius 2 is 2.00 bits per heavy atom. The lowest BCUT2D eigenvalue weighted by Gasteiger charge is -2.24. The van der Waals surface area contributed by atoms with Gasteiger partial charge in [0.2, 0.25) is 5.91 Å². The SMILES string of the molecule is CSC(CO)C(C)NC(C)C(=O)NC(N)=O. The quantitative estimate of drug-likeness (QED) is 0.497. The number of urea groups is 1. The van der Waals surface area contributed by atoms with E-state index in [2.05, 4.69) is 5.32 Å².